The molecule has 1 atom stereocenters. The summed E-state index contributed by atoms with van der Waals surface area (Å²) in [7, 11) is 0. The van der Waals surface area contributed by atoms with Crippen molar-refractivity contribution in [1.29, 1.82) is 0 Å². The van der Waals surface area contributed by atoms with Crippen molar-refractivity contribution in [2.75, 3.05) is 13.2 Å². The highest BCUT2D eigenvalue weighted by Gasteiger charge is 2.16. The van der Waals surface area contributed by atoms with Gasteiger partial charge in [-0.2, -0.15) is 0 Å². The Kier molecular flexibility index (Phi) is 3.07. The molecule has 0 radical (unpaired) electrons. The fourth-order valence-corrected chi connectivity index (χ4v) is 1.54. The van der Waals surface area contributed by atoms with Crippen molar-refractivity contribution in [3.05, 3.63) is 41.5 Å². The summed E-state index contributed by atoms with van der Waals surface area (Å²) in [5.74, 6) is 0.906. The normalized spacial score (nSPS) is 20.9. The topological polar surface area (TPSA) is 18.5 Å². The van der Waals surface area contributed by atoms with Gasteiger partial charge in [-0.1, -0.05) is 23.8 Å². The van der Waals surface area contributed by atoms with E-state index in [9.17, 15) is 0 Å². The molecule has 15 heavy (non-hydrogen) atoms. The predicted molar refractivity (Wildman–Crippen MR) is 60.2 cm³/mol. The van der Waals surface area contributed by atoms with Gasteiger partial charge in [0.15, 0.2) is 0 Å². The molecule has 2 heteroatoms. The molecule has 0 saturated carbocycles. The van der Waals surface area contributed by atoms with Crippen molar-refractivity contribution in [1.82, 2.24) is 0 Å². The molecule has 1 heterocycles. The van der Waals surface area contributed by atoms with Gasteiger partial charge in [0.05, 0.1) is 13.2 Å². The first kappa shape index (κ1) is 10.2. The Morgan fingerprint density at radius 2 is 1.93 bits per heavy atom. The summed E-state index contributed by atoms with van der Waals surface area (Å²) in [5.41, 5.74) is 2.50. The van der Waals surface area contributed by atoms with E-state index in [1.54, 1.807) is 0 Å². The predicted octanol–water partition coefficient (Wildman–Crippen LogP) is 2.72. The molecule has 80 valence electrons. The highest BCUT2D eigenvalue weighted by molar-refractivity contribution is 5.27. The van der Waals surface area contributed by atoms with E-state index >= 15 is 0 Å². The zero-order valence-electron chi connectivity index (χ0n) is 9.19. The molecule has 1 unspecified atom stereocenters. The first-order valence-corrected chi connectivity index (χ1v) is 5.23. The average Bonchev–Trinajstić information content (AvgIpc) is 2.25. The first-order chi connectivity index (χ1) is 7.25. The van der Waals surface area contributed by atoms with E-state index in [1.165, 1.54) is 11.1 Å². The maximum absolute atomic E-state index is 5.83. The van der Waals surface area contributed by atoms with Crippen molar-refractivity contribution < 1.29 is 9.47 Å². The van der Waals surface area contributed by atoms with Crippen molar-refractivity contribution in [2.24, 2.45) is 0 Å². The van der Waals surface area contributed by atoms with Gasteiger partial charge < -0.3 is 9.47 Å². The van der Waals surface area contributed by atoms with Crippen LogP contribution in [-0.2, 0) is 4.74 Å². The van der Waals surface area contributed by atoms with Crippen LogP contribution in [0.2, 0.25) is 0 Å². The van der Waals surface area contributed by atoms with Crippen LogP contribution < -0.4 is 4.74 Å². The van der Waals surface area contributed by atoms with Crippen LogP contribution in [0.1, 0.15) is 12.5 Å². The van der Waals surface area contributed by atoms with Crippen LogP contribution in [0.15, 0.2) is 35.9 Å². The van der Waals surface area contributed by atoms with Crippen LogP contribution in [0, 0.1) is 6.92 Å². The monoisotopic (exact) mass is 204 g/mol. The van der Waals surface area contributed by atoms with Crippen LogP contribution >= 0.6 is 0 Å². The molecule has 0 spiro atoms. The summed E-state index contributed by atoms with van der Waals surface area (Å²) in [4.78, 5) is 0. The lowest BCUT2D eigenvalue weighted by molar-refractivity contribution is 0.0681. The maximum Gasteiger partial charge on any atom is 0.143 e. The van der Waals surface area contributed by atoms with Crippen LogP contribution in [0.5, 0.6) is 5.75 Å². The molecule has 0 N–H and O–H groups in total. The second-order valence-corrected chi connectivity index (χ2v) is 3.91. The molecule has 1 aromatic rings. The SMILES string of the molecule is CC1=CCOCC1Oc1ccc(C)cc1. The van der Waals surface area contributed by atoms with E-state index in [-0.39, 0.29) is 6.10 Å². The van der Waals surface area contributed by atoms with Gasteiger partial charge in [-0.25, -0.2) is 0 Å². The molecule has 1 aliphatic heterocycles. The molecule has 2 nitrogen and oxygen atoms in total. The molecule has 0 saturated heterocycles. The smallest absolute Gasteiger partial charge is 0.143 e. The molecular weight excluding hydrogens is 188 g/mol. The quantitative estimate of drug-likeness (QED) is 0.690. The summed E-state index contributed by atoms with van der Waals surface area (Å²) in [6.07, 6.45) is 2.14. The number of hydrogen-bond acceptors (Lipinski definition) is 2. The van der Waals surface area contributed by atoms with Crippen molar-refractivity contribution in [2.45, 2.75) is 20.0 Å². The minimum Gasteiger partial charge on any atom is -0.484 e. The highest BCUT2D eigenvalue weighted by Crippen LogP contribution is 2.18. The molecule has 0 bridgehead atoms. The molecule has 0 amide bonds. The van der Waals surface area contributed by atoms with Gasteiger partial charge in [0.25, 0.3) is 0 Å². The van der Waals surface area contributed by atoms with Gasteiger partial charge in [0, 0.05) is 0 Å². The van der Waals surface area contributed by atoms with Crippen LogP contribution in [-0.4, -0.2) is 19.3 Å². The zero-order chi connectivity index (χ0) is 10.7. The first-order valence-electron chi connectivity index (χ1n) is 5.23. The van der Waals surface area contributed by atoms with E-state index in [0.29, 0.717) is 13.2 Å². The standard InChI is InChI=1S/C13H16O2/c1-10-3-5-12(6-4-10)15-13-9-14-8-7-11(13)2/h3-7,13H,8-9H2,1-2H3. The second kappa shape index (κ2) is 4.49. The Balaban J connectivity index is 2.05. The maximum atomic E-state index is 5.83. The van der Waals surface area contributed by atoms with Crippen LogP contribution in [0.25, 0.3) is 0 Å². The molecular formula is C13H16O2. The molecule has 0 aromatic heterocycles. The van der Waals surface area contributed by atoms with Gasteiger partial charge in [-0.05, 0) is 31.6 Å². The lowest BCUT2D eigenvalue weighted by Crippen LogP contribution is -2.28. The Labute approximate surface area is 90.5 Å². The Morgan fingerprint density at radius 1 is 1.20 bits per heavy atom. The largest absolute Gasteiger partial charge is 0.484 e. The summed E-state index contributed by atoms with van der Waals surface area (Å²) in [5, 5.41) is 0. The van der Waals surface area contributed by atoms with E-state index in [1.807, 2.05) is 12.1 Å². The third-order valence-electron chi connectivity index (χ3n) is 2.60. The minimum atomic E-state index is 0.0708. The fraction of sp³-hybridized carbons (Fsp3) is 0.385. The van der Waals surface area contributed by atoms with Gasteiger partial charge in [0.1, 0.15) is 11.9 Å². The number of rotatable bonds is 2. The minimum absolute atomic E-state index is 0.0708. The number of hydrogen-bond donors (Lipinski definition) is 0. The molecule has 1 aromatic carbocycles. The summed E-state index contributed by atoms with van der Waals surface area (Å²) < 4.78 is 11.2. The number of aryl methyl sites for hydroxylation is 1. The molecule has 0 aliphatic carbocycles. The van der Waals surface area contributed by atoms with Gasteiger partial charge in [0.2, 0.25) is 0 Å². The lowest BCUT2D eigenvalue weighted by atomic mass is 10.1. The van der Waals surface area contributed by atoms with Crippen LogP contribution in [0.3, 0.4) is 0 Å². The van der Waals surface area contributed by atoms with Gasteiger partial charge in [-0.3, -0.25) is 0 Å². The number of ether oxygens (including phenoxy) is 2. The highest BCUT2D eigenvalue weighted by atomic mass is 16.5. The van der Waals surface area contributed by atoms with Crippen molar-refractivity contribution in [3.8, 4) is 5.75 Å². The number of benzene rings is 1. The van der Waals surface area contributed by atoms with E-state index < -0.39 is 0 Å². The summed E-state index contributed by atoms with van der Waals surface area (Å²) in [6.45, 7) is 5.51. The van der Waals surface area contributed by atoms with Gasteiger partial charge in [-0.15, -0.1) is 0 Å². The van der Waals surface area contributed by atoms with Gasteiger partial charge >= 0.3 is 0 Å². The second-order valence-electron chi connectivity index (χ2n) is 3.91. The average molecular weight is 204 g/mol. The Morgan fingerprint density at radius 3 is 2.60 bits per heavy atom. The van der Waals surface area contributed by atoms with E-state index in [2.05, 4.69) is 32.1 Å². The van der Waals surface area contributed by atoms with E-state index in [0.717, 1.165) is 5.75 Å². The van der Waals surface area contributed by atoms with Crippen molar-refractivity contribution >= 4 is 0 Å². The third kappa shape index (κ3) is 2.60. The third-order valence-corrected chi connectivity index (χ3v) is 2.60. The van der Waals surface area contributed by atoms with Crippen molar-refractivity contribution in [3.63, 3.8) is 0 Å². The van der Waals surface area contributed by atoms with E-state index in [4.69, 9.17) is 9.47 Å². The summed E-state index contributed by atoms with van der Waals surface area (Å²) >= 11 is 0. The summed E-state index contributed by atoms with van der Waals surface area (Å²) in [6, 6.07) is 8.10. The molecule has 0 fully saturated rings. The fourth-order valence-electron chi connectivity index (χ4n) is 1.54. The molecule has 2 rings (SSSR count). The lowest BCUT2D eigenvalue weighted by Gasteiger charge is -2.23. The Hall–Kier alpha value is -1.28. The zero-order valence-corrected chi connectivity index (χ0v) is 9.19. The molecule has 1 aliphatic rings. The Bertz CT molecular complexity index is 351. The van der Waals surface area contributed by atoms with Crippen LogP contribution in [0.4, 0.5) is 0 Å².